The Kier molecular flexibility index (Phi) is 5.82. The number of rotatable bonds is 7. The summed E-state index contributed by atoms with van der Waals surface area (Å²) in [5.41, 5.74) is 2.05. The summed E-state index contributed by atoms with van der Waals surface area (Å²) in [7, 11) is 0. The summed E-state index contributed by atoms with van der Waals surface area (Å²) in [6, 6.07) is 7.83. The summed E-state index contributed by atoms with van der Waals surface area (Å²) in [4.78, 5) is 0. The highest BCUT2D eigenvalue weighted by Gasteiger charge is 2.06. The fourth-order valence-electron chi connectivity index (χ4n) is 1.86. The van der Waals surface area contributed by atoms with Crippen LogP contribution in [-0.2, 0) is 13.2 Å². The van der Waals surface area contributed by atoms with Gasteiger partial charge in [-0.25, -0.2) is 0 Å². The standard InChI is InChI=1S/C16H21BrN2O2/c1-11(2)8-18-9-13-7-15(21-19-13)10-20-14-4-5-16(17)12(3)6-14/h4-7,11,18H,8-10H2,1-3H3. The van der Waals surface area contributed by atoms with Gasteiger partial charge in [-0.2, -0.15) is 0 Å². The van der Waals surface area contributed by atoms with Crippen LogP contribution in [-0.4, -0.2) is 11.7 Å². The van der Waals surface area contributed by atoms with Crippen LogP contribution in [0.15, 0.2) is 33.3 Å². The van der Waals surface area contributed by atoms with Gasteiger partial charge in [0.05, 0.1) is 5.69 Å². The van der Waals surface area contributed by atoms with Crippen molar-refractivity contribution in [2.75, 3.05) is 6.54 Å². The molecular weight excluding hydrogens is 332 g/mol. The van der Waals surface area contributed by atoms with Crippen LogP contribution in [0.5, 0.6) is 5.75 Å². The van der Waals surface area contributed by atoms with Crippen LogP contribution < -0.4 is 10.1 Å². The highest BCUT2D eigenvalue weighted by Crippen LogP contribution is 2.22. The first kappa shape index (κ1) is 16.0. The second kappa shape index (κ2) is 7.61. The normalized spacial score (nSPS) is 11.1. The van der Waals surface area contributed by atoms with E-state index in [0.29, 0.717) is 12.5 Å². The molecule has 114 valence electrons. The third-order valence-corrected chi connectivity index (χ3v) is 3.87. The molecule has 0 aliphatic rings. The smallest absolute Gasteiger partial charge is 0.174 e. The molecule has 0 atom stereocenters. The lowest BCUT2D eigenvalue weighted by Gasteiger charge is -2.05. The van der Waals surface area contributed by atoms with Gasteiger partial charge in [-0.3, -0.25) is 0 Å². The third kappa shape index (κ3) is 5.17. The van der Waals surface area contributed by atoms with Gasteiger partial charge in [0, 0.05) is 17.1 Å². The quantitative estimate of drug-likeness (QED) is 0.815. The first-order valence-electron chi connectivity index (χ1n) is 7.08. The Morgan fingerprint density at radius 1 is 1.33 bits per heavy atom. The Bertz CT molecular complexity index is 581. The predicted octanol–water partition coefficient (Wildman–Crippen LogP) is 4.07. The Morgan fingerprint density at radius 3 is 2.86 bits per heavy atom. The van der Waals surface area contributed by atoms with E-state index >= 15 is 0 Å². The van der Waals surface area contributed by atoms with Crippen molar-refractivity contribution in [1.82, 2.24) is 10.5 Å². The third-order valence-electron chi connectivity index (χ3n) is 2.98. The Labute approximate surface area is 134 Å². The number of hydrogen-bond donors (Lipinski definition) is 1. The van der Waals surface area contributed by atoms with Gasteiger partial charge < -0.3 is 14.6 Å². The van der Waals surface area contributed by atoms with Crippen LogP contribution in [0.1, 0.15) is 30.9 Å². The van der Waals surface area contributed by atoms with Crippen molar-refractivity contribution in [3.63, 3.8) is 0 Å². The van der Waals surface area contributed by atoms with Crippen molar-refractivity contribution in [1.29, 1.82) is 0 Å². The van der Waals surface area contributed by atoms with Crippen LogP contribution in [0.2, 0.25) is 0 Å². The minimum atomic E-state index is 0.387. The second-order valence-corrected chi connectivity index (χ2v) is 6.36. The average Bonchev–Trinajstić information content (AvgIpc) is 2.88. The van der Waals surface area contributed by atoms with Crippen LogP contribution in [0.3, 0.4) is 0 Å². The largest absolute Gasteiger partial charge is 0.486 e. The highest BCUT2D eigenvalue weighted by atomic mass is 79.9. The number of ether oxygens (including phenoxy) is 1. The number of nitrogens with one attached hydrogen (secondary N) is 1. The topological polar surface area (TPSA) is 47.3 Å². The Balaban J connectivity index is 1.83. The molecule has 5 heteroatoms. The average molecular weight is 353 g/mol. The summed E-state index contributed by atoms with van der Waals surface area (Å²) >= 11 is 3.47. The van der Waals surface area contributed by atoms with E-state index in [9.17, 15) is 0 Å². The van der Waals surface area contributed by atoms with Crippen molar-refractivity contribution in [2.24, 2.45) is 5.92 Å². The molecular formula is C16H21BrN2O2. The lowest BCUT2D eigenvalue weighted by atomic mass is 10.2. The van der Waals surface area contributed by atoms with Gasteiger partial charge in [0.15, 0.2) is 5.76 Å². The Hall–Kier alpha value is -1.33. The van der Waals surface area contributed by atoms with Gasteiger partial charge in [0.2, 0.25) is 0 Å². The maximum absolute atomic E-state index is 5.71. The van der Waals surface area contributed by atoms with Crippen molar-refractivity contribution in [3.8, 4) is 5.75 Å². The first-order valence-corrected chi connectivity index (χ1v) is 7.88. The fraction of sp³-hybridized carbons (Fsp3) is 0.438. The molecule has 0 spiro atoms. The van der Waals surface area contributed by atoms with Crippen molar-refractivity contribution >= 4 is 15.9 Å². The molecule has 2 aromatic rings. The zero-order chi connectivity index (χ0) is 15.2. The maximum atomic E-state index is 5.71. The summed E-state index contributed by atoms with van der Waals surface area (Å²) in [5, 5.41) is 7.37. The zero-order valence-electron chi connectivity index (χ0n) is 12.6. The molecule has 21 heavy (non-hydrogen) atoms. The number of benzene rings is 1. The van der Waals surface area contributed by atoms with E-state index in [1.807, 2.05) is 31.2 Å². The monoisotopic (exact) mass is 352 g/mol. The first-order chi connectivity index (χ1) is 10.0. The molecule has 2 rings (SSSR count). The SMILES string of the molecule is Cc1cc(OCc2cc(CNCC(C)C)no2)ccc1Br. The lowest BCUT2D eigenvalue weighted by Crippen LogP contribution is -2.19. The molecule has 0 aliphatic carbocycles. The number of nitrogens with zero attached hydrogens (tertiary/aromatic N) is 1. The van der Waals surface area contributed by atoms with E-state index in [-0.39, 0.29) is 0 Å². The van der Waals surface area contributed by atoms with Crippen molar-refractivity contribution < 1.29 is 9.26 Å². The van der Waals surface area contributed by atoms with E-state index in [1.165, 1.54) is 0 Å². The van der Waals surface area contributed by atoms with E-state index in [0.717, 1.165) is 40.3 Å². The van der Waals surface area contributed by atoms with E-state index < -0.39 is 0 Å². The molecule has 1 N–H and O–H groups in total. The molecule has 0 saturated carbocycles. The molecule has 4 nitrogen and oxygen atoms in total. The number of hydrogen-bond acceptors (Lipinski definition) is 4. The molecule has 0 bridgehead atoms. The summed E-state index contributed by atoms with van der Waals surface area (Å²) in [6.45, 7) is 8.46. The molecule has 0 unspecified atom stereocenters. The summed E-state index contributed by atoms with van der Waals surface area (Å²) in [6.07, 6.45) is 0. The van der Waals surface area contributed by atoms with Gasteiger partial charge >= 0.3 is 0 Å². The number of halogens is 1. The molecule has 0 amide bonds. The van der Waals surface area contributed by atoms with E-state index in [2.05, 4.69) is 40.3 Å². The van der Waals surface area contributed by atoms with Crippen LogP contribution >= 0.6 is 15.9 Å². The van der Waals surface area contributed by atoms with Crippen LogP contribution in [0.4, 0.5) is 0 Å². The zero-order valence-corrected chi connectivity index (χ0v) is 14.2. The van der Waals surface area contributed by atoms with Gasteiger partial charge in [0.25, 0.3) is 0 Å². The van der Waals surface area contributed by atoms with Gasteiger partial charge in [0.1, 0.15) is 12.4 Å². The minimum Gasteiger partial charge on any atom is -0.486 e. The summed E-state index contributed by atoms with van der Waals surface area (Å²) < 4.78 is 12.1. The van der Waals surface area contributed by atoms with Crippen molar-refractivity contribution in [3.05, 3.63) is 45.8 Å². The molecule has 0 aliphatic heterocycles. The molecule has 1 heterocycles. The molecule has 1 aromatic heterocycles. The van der Waals surface area contributed by atoms with Gasteiger partial charge in [-0.05, 0) is 43.1 Å². The molecule has 0 radical (unpaired) electrons. The van der Waals surface area contributed by atoms with E-state index in [1.54, 1.807) is 0 Å². The van der Waals surface area contributed by atoms with Crippen LogP contribution in [0.25, 0.3) is 0 Å². The molecule has 0 saturated heterocycles. The fourth-order valence-corrected chi connectivity index (χ4v) is 2.10. The minimum absolute atomic E-state index is 0.387. The highest BCUT2D eigenvalue weighted by molar-refractivity contribution is 9.10. The molecule has 0 fully saturated rings. The number of aromatic nitrogens is 1. The van der Waals surface area contributed by atoms with Crippen LogP contribution in [0, 0.1) is 12.8 Å². The number of aryl methyl sites for hydroxylation is 1. The summed E-state index contributed by atoms with van der Waals surface area (Å²) in [5.74, 6) is 2.18. The second-order valence-electron chi connectivity index (χ2n) is 5.51. The van der Waals surface area contributed by atoms with E-state index in [4.69, 9.17) is 9.26 Å². The van der Waals surface area contributed by atoms with Crippen molar-refractivity contribution in [2.45, 2.75) is 33.9 Å². The van der Waals surface area contributed by atoms with Gasteiger partial charge in [-0.15, -0.1) is 0 Å². The maximum Gasteiger partial charge on any atom is 0.174 e. The lowest BCUT2D eigenvalue weighted by molar-refractivity contribution is 0.248. The Morgan fingerprint density at radius 2 is 2.14 bits per heavy atom. The molecule has 1 aromatic carbocycles. The van der Waals surface area contributed by atoms with Gasteiger partial charge in [-0.1, -0.05) is 34.9 Å². The predicted molar refractivity (Wildman–Crippen MR) is 86.3 cm³/mol.